The van der Waals surface area contributed by atoms with E-state index in [1.54, 1.807) is 6.08 Å². The lowest BCUT2D eigenvalue weighted by Crippen LogP contribution is -2.56. The minimum Gasteiger partial charge on any atom is -0.481 e. The second-order valence-electron chi connectivity index (χ2n) is 11.5. The zero-order valence-corrected chi connectivity index (χ0v) is 19.8. The summed E-state index contributed by atoms with van der Waals surface area (Å²) in [5, 5.41) is 9.40. The van der Waals surface area contributed by atoms with Gasteiger partial charge in [0.15, 0.2) is 5.78 Å². The molecule has 0 saturated heterocycles. The second kappa shape index (κ2) is 7.95. The summed E-state index contributed by atoms with van der Waals surface area (Å²) < 4.78 is 21.2. The van der Waals surface area contributed by atoms with E-state index in [9.17, 15) is 19.5 Å². The molecule has 4 aliphatic rings. The summed E-state index contributed by atoms with van der Waals surface area (Å²) in [7, 11) is 0. The van der Waals surface area contributed by atoms with Gasteiger partial charge in [-0.25, -0.2) is 4.39 Å². The molecule has 0 aromatic heterocycles. The molecule has 6 heteroatoms. The number of halogens is 1. The molecule has 4 aliphatic carbocycles. The number of fused-ring (bicyclic) bond motifs is 5. The van der Waals surface area contributed by atoms with Crippen LogP contribution in [0, 0.1) is 34.0 Å². The van der Waals surface area contributed by atoms with Crippen molar-refractivity contribution < 1.29 is 28.6 Å². The Bertz CT molecular complexity index is 849. The first-order chi connectivity index (χ1) is 14.9. The van der Waals surface area contributed by atoms with Gasteiger partial charge in [0.2, 0.25) is 0 Å². The number of ether oxygens (including phenoxy) is 1. The normalized spacial score (nSPS) is 43.2. The van der Waals surface area contributed by atoms with Gasteiger partial charge in [-0.15, -0.1) is 0 Å². The number of aliphatic carboxylic acids is 1. The highest BCUT2D eigenvalue weighted by atomic mass is 19.1. The molecule has 0 aromatic rings. The summed E-state index contributed by atoms with van der Waals surface area (Å²) in [5.74, 6) is -0.563. The Morgan fingerprint density at radius 1 is 1.19 bits per heavy atom. The number of rotatable bonds is 5. The van der Waals surface area contributed by atoms with Crippen molar-refractivity contribution in [1.82, 2.24) is 0 Å². The first kappa shape index (κ1) is 23.4. The van der Waals surface area contributed by atoms with Gasteiger partial charge >= 0.3 is 11.9 Å². The third-order valence-corrected chi connectivity index (χ3v) is 9.80. The summed E-state index contributed by atoms with van der Waals surface area (Å²) in [5.41, 5.74) is -0.857. The van der Waals surface area contributed by atoms with Crippen LogP contribution in [0.25, 0.3) is 0 Å². The van der Waals surface area contributed by atoms with Crippen molar-refractivity contribution in [3.63, 3.8) is 0 Å². The fourth-order valence-corrected chi connectivity index (χ4v) is 8.19. The molecule has 4 rings (SSSR count). The number of hydrogen-bond donors (Lipinski definition) is 1. The Labute approximate surface area is 190 Å². The molecule has 0 aromatic carbocycles. The zero-order valence-electron chi connectivity index (χ0n) is 19.8. The highest BCUT2D eigenvalue weighted by Crippen LogP contribution is 2.71. The van der Waals surface area contributed by atoms with Gasteiger partial charge in [0.05, 0.1) is 11.5 Å². The van der Waals surface area contributed by atoms with Crippen LogP contribution in [0.5, 0.6) is 0 Å². The van der Waals surface area contributed by atoms with Crippen LogP contribution in [-0.4, -0.2) is 35.1 Å². The Hall–Kier alpha value is -1.72. The average molecular weight is 449 g/mol. The third kappa shape index (κ3) is 3.35. The van der Waals surface area contributed by atoms with Gasteiger partial charge < -0.3 is 9.84 Å². The van der Waals surface area contributed by atoms with Crippen LogP contribution in [-0.2, 0) is 19.1 Å². The van der Waals surface area contributed by atoms with Gasteiger partial charge in [0.1, 0.15) is 6.17 Å². The molecular formula is C26H37FO5. The van der Waals surface area contributed by atoms with Crippen molar-refractivity contribution in [2.75, 3.05) is 0 Å². The molecule has 0 bridgehead atoms. The molecule has 3 fully saturated rings. The number of alkyl halides is 1. The van der Waals surface area contributed by atoms with Crippen LogP contribution in [0.3, 0.4) is 0 Å². The lowest BCUT2D eigenvalue weighted by Gasteiger charge is -2.60. The lowest BCUT2D eigenvalue weighted by molar-refractivity contribution is -0.176. The van der Waals surface area contributed by atoms with Gasteiger partial charge in [0.25, 0.3) is 0 Å². The number of allylic oxidation sites excluding steroid dienone is 1. The van der Waals surface area contributed by atoms with E-state index in [4.69, 9.17) is 4.74 Å². The molecule has 5 nitrogen and oxygen atoms in total. The number of carbonyl (C=O) groups is 3. The molecule has 32 heavy (non-hydrogen) atoms. The topological polar surface area (TPSA) is 80.7 Å². The van der Waals surface area contributed by atoms with Crippen LogP contribution >= 0.6 is 0 Å². The fourth-order valence-electron chi connectivity index (χ4n) is 8.19. The molecule has 3 saturated carbocycles. The van der Waals surface area contributed by atoms with Gasteiger partial charge in [-0.3, -0.25) is 14.4 Å². The van der Waals surface area contributed by atoms with Gasteiger partial charge in [0, 0.05) is 12.8 Å². The van der Waals surface area contributed by atoms with Crippen molar-refractivity contribution >= 4 is 17.7 Å². The van der Waals surface area contributed by atoms with Crippen molar-refractivity contribution in [2.45, 2.75) is 97.8 Å². The highest BCUT2D eigenvalue weighted by Gasteiger charge is 2.68. The third-order valence-electron chi connectivity index (χ3n) is 9.80. The highest BCUT2D eigenvalue weighted by molar-refractivity contribution is 5.92. The summed E-state index contributed by atoms with van der Waals surface area (Å²) in [4.78, 5) is 37.0. The first-order valence-corrected chi connectivity index (χ1v) is 12.3. The molecule has 7 atom stereocenters. The summed E-state index contributed by atoms with van der Waals surface area (Å²) in [6.07, 6.45) is 5.03. The smallest absolute Gasteiger partial charge is 0.312 e. The molecule has 1 N–H and O–H groups in total. The molecule has 0 heterocycles. The maximum Gasteiger partial charge on any atom is 0.312 e. The van der Waals surface area contributed by atoms with Gasteiger partial charge in [-0.1, -0.05) is 13.8 Å². The molecule has 178 valence electrons. The van der Waals surface area contributed by atoms with Gasteiger partial charge in [-0.05, 0) is 99.0 Å². The molecule has 1 unspecified atom stereocenters. The zero-order chi connectivity index (χ0) is 23.5. The van der Waals surface area contributed by atoms with E-state index in [1.807, 2.05) is 13.8 Å². The first-order valence-electron chi connectivity index (χ1n) is 12.3. The van der Waals surface area contributed by atoms with E-state index in [0.29, 0.717) is 37.2 Å². The minimum atomic E-state index is -1.12. The van der Waals surface area contributed by atoms with Crippen LogP contribution < -0.4 is 0 Å². The second-order valence-corrected chi connectivity index (χ2v) is 11.5. The molecule has 0 amide bonds. The predicted molar refractivity (Wildman–Crippen MR) is 118 cm³/mol. The number of ketones is 1. The quantitative estimate of drug-likeness (QED) is 0.580. The molecule has 0 radical (unpaired) electrons. The monoisotopic (exact) mass is 448 g/mol. The van der Waals surface area contributed by atoms with Gasteiger partial charge in [-0.2, -0.15) is 0 Å². The van der Waals surface area contributed by atoms with Crippen molar-refractivity contribution in [2.24, 2.45) is 34.0 Å². The summed E-state index contributed by atoms with van der Waals surface area (Å²) in [6, 6.07) is 0. The number of carbonyl (C=O) groups excluding carboxylic acids is 2. The van der Waals surface area contributed by atoms with Crippen LogP contribution in [0.4, 0.5) is 4.39 Å². The van der Waals surface area contributed by atoms with Crippen LogP contribution in [0.1, 0.15) is 85.5 Å². The van der Waals surface area contributed by atoms with E-state index in [1.165, 1.54) is 0 Å². The van der Waals surface area contributed by atoms with E-state index in [2.05, 4.69) is 13.8 Å². The summed E-state index contributed by atoms with van der Waals surface area (Å²) in [6.45, 7) is 7.91. The maximum absolute atomic E-state index is 15.5. The summed E-state index contributed by atoms with van der Waals surface area (Å²) >= 11 is 0. The van der Waals surface area contributed by atoms with Crippen molar-refractivity contribution in [3.05, 3.63) is 11.6 Å². The van der Waals surface area contributed by atoms with E-state index < -0.39 is 23.0 Å². The minimum absolute atomic E-state index is 0.0317. The number of esters is 1. The van der Waals surface area contributed by atoms with E-state index in [-0.39, 0.29) is 47.9 Å². The number of carboxylic acids is 1. The Morgan fingerprint density at radius 3 is 2.53 bits per heavy atom. The van der Waals surface area contributed by atoms with Crippen molar-refractivity contribution in [1.29, 1.82) is 0 Å². The Kier molecular flexibility index (Phi) is 5.82. The standard InChI is InChI=1S/C26H37FO5/c1-15(2)32-23(31)26(12-8-22(29)30)11-7-19-17-14-21(27)20-13-16(28)5-9-24(20,3)18(17)6-10-25(19,26)4/h13,15,17-19,21H,5-12,14H2,1-4H3,(H,29,30)/t17-,18+,19+,21?,24-,25+,26-/m1/s1. The Morgan fingerprint density at radius 2 is 1.88 bits per heavy atom. The number of carboxylic acid groups (broad SMARTS) is 1. The largest absolute Gasteiger partial charge is 0.481 e. The van der Waals surface area contributed by atoms with E-state index in [0.717, 1.165) is 19.3 Å². The fraction of sp³-hybridized carbons (Fsp3) is 0.808. The SMILES string of the molecule is CC(C)OC(=O)[C@]1(CCC(=O)O)CC[C@H]2[C@@H]3CC(F)C4=CC(=O)CC[C@]4(C)[C@H]3CC[C@@]21C. The number of hydrogen-bond acceptors (Lipinski definition) is 4. The average Bonchev–Trinajstić information content (AvgIpc) is 3.01. The predicted octanol–water partition coefficient (Wildman–Crippen LogP) is 5.27. The van der Waals surface area contributed by atoms with E-state index >= 15 is 4.39 Å². The molecular weight excluding hydrogens is 411 g/mol. The van der Waals surface area contributed by atoms with Crippen LogP contribution in [0.2, 0.25) is 0 Å². The maximum atomic E-state index is 15.5. The molecule has 0 aliphatic heterocycles. The Balaban J connectivity index is 1.70. The lowest BCUT2D eigenvalue weighted by atomic mass is 9.44. The van der Waals surface area contributed by atoms with Crippen molar-refractivity contribution in [3.8, 4) is 0 Å². The van der Waals surface area contributed by atoms with Crippen LogP contribution in [0.15, 0.2) is 11.6 Å². The molecule has 0 spiro atoms.